The Labute approximate surface area is 166 Å². The topological polar surface area (TPSA) is 64.6 Å². The lowest BCUT2D eigenvalue weighted by atomic mass is 9.95. The van der Waals surface area contributed by atoms with Crippen LogP contribution in [0.4, 0.5) is 11.4 Å². The van der Waals surface area contributed by atoms with E-state index in [1.807, 2.05) is 0 Å². The Hall–Kier alpha value is -2.24. The van der Waals surface area contributed by atoms with Crippen LogP contribution < -0.4 is 10.6 Å². The van der Waals surface area contributed by atoms with Crippen LogP contribution in [0.3, 0.4) is 0 Å². The molecule has 1 amide bonds. The predicted molar refractivity (Wildman–Crippen MR) is 111 cm³/mol. The zero-order valence-electron chi connectivity index (χ0n) is 15.3. The van der Waals surface area contributed by atoms with E-state index in [9.17, 15) is 9.90 Å². The lowest BCUT2D eigenvalue weighted by molar-refractivity contribution is -0.121. The average Bonchev–Trinajstić information content (AvgIpc) is 3.14. The summed E-state index contributed by atoms with van der Waals surface area (Å²) in [5.41, 5.74) is 4.85. The number of carbonyl (C=O) groups is 1. The molecule has 1 saturated heterocycles. The maximum atomic E-state index is 12.5. The van der Waals surface area contributed by atoms with Gasteiger partial charge in [-0.25, -0.2) is 0 Å². The molecule has 0 spiro atoms. The Morgan fingerprint density at radius 1 is 1.15 bits per heavy atom. The van der Waals surface area contributed by atoms with Gasteiger partial charge < -0.3 is 15.7 Å². The second-order valence-electron chi connectivity index (χ2n) is 7.21. The number of hydrogen-bond acceptors (Lipinski definition) is 4. The average molecular weight is 388 g/mol. The van der Waals surface area contributed by atoms with Crippen LogP contribution in [0.2, 0.25) is 0 Å². The second-order valence-corrected chi connectivity index (χ2v) is 7.21. The van der Waals surface area contributed by atoms with Crippen LogP contribution in [0, 0.1) is 5.92 Å². The number of hydrogen-bond donors (Lipinski definition) is 3. The highest BCUT2D eigenvalue weighted by Gasteiger charge is 2.26. The van der Waals surface area contributed by atoms with Crippen molar-refractivity contribution in [2.45, 2.75) is 25.8 Å². The van der Waals surface area contributed by atoms with Crippen molar-refractivity contribution in [1.82, 2.24) is 4.90 Å². The van der Waals surface area contributed by atoms with Gasteiger partial charge in [0, 0.05) is 30.4 Å². The first kappa shape index (κ1) is 19.5. The van der Waals surface area contributed by atoms with Crippen LogP contribution in [0.1, 0.15) is 24.0 Å². The van der Waals surface area contributed by atoms with Crippen molar-refractivity contribution in [1.29, 1.82) is 0 Å². The molecule has 3 N–H and O–H groups in total. The highest BCUT2D eigenvalue weighted by molar-refractivity contribution is 5.92. The molecule has 0 atom stereocenters. The molecule has 0 aliphatic carbocycles. The van der Waals surface area contributed by atoms with E-state index in [2.05, 4.69) is 33.7 Å². The fourth-order valence-electron chi connectivity index (χ4n) is 3.93. The number of benzene rings is 2. The third-order valence-electron chi connectivity index (χ3n) is 5.42. The fraction of sp³-hybridized carbons (Fsp3) is 0.381. The minimum atomic E-state index is 0. The van der Waals surface area contributed by atoms with E-state index in [0.29, 0.717) is 0 Å². The maximum absolute atomic E-state index is 12.5. The summed E-state index contributed by atoms with van der Waals surface area (Å²) in [6.07, 6.45) is 2.88. The van der Waals surface area contributed by atoms with E-state index in [1.54, 1.807) is 24.3 Å². The van der Waals surface area contributed by atoms with Gasteiger partial charge >= 0.3 is 0 Å². The van der Waals surface area contributed by atoms with Gasteiger partial charge in [-0.05, 0) is 67.7 Å². The van der Waals surface area contributed by atoms with Crippen molar-refractivity contribution < 1.29 is 9.90 Å². The number of nitrogens with zero attached hydrogens (tertiary/aromatic N) is 1. The van der Waals surface area contributed by atoms with E-state index in [4.69, 9.17) is 0 Å². The van der Waals surface area contributed by atoms with E-state index in [1.165, 1.54) is 16.8 Å². The highest BCUT2D eigenvalue weighted by Crippen LogP contribution is 2.29. The summed E-state index contributed by atoms with van der Waals surface area (Å²) in [5.74, 6) is 0.343. The number of rotatable bonds is 4. The quantitative estimate of drug-likeness (QED) is 0.701. The second kappa shape index (κ2) is 8.63. The van der Waals surface area contributed by atoms with E-state index in [0.717, 1.165) is 51.1 Å². The van der Waals surface area contributed by atoms with Crippen molar-refractivity contribution >= 4 is 29.7 Å². The van der Waals surface area contributed by atoms with Crippen LogP contribution in [0.15, 0.2) is 42.5 Å². The molecule has 2 aliphatic heterocycles. The van der Waals surface area contributed by atoms with E-state index in [-0.39, 0.29) is 30.0 Å². The maximum Gasteiger partial charge on any atom is 0.227 e. The highest BCUT2D eigenvalue weighted by atomic mass is 35.5. The summed E-state index contributed by atoms with van der Waals surface area (Å²) in [6, 6.07) is 13.2. The smallest absolute Gasteiger partial charge is 0.227 e. The van der Waals surface area contributed by atoms with Gasteiger partial charge in [0.2, 0.25) is 5.91 Å². The molecular formula is C21H26ClN3O2. The third kappa shape index (κ3) is 4.54. The molecule has 2 aromatic rings. The Morgan fingerprint density at radius 3 is 2.63 bits per heavy atom. The summed E-state index contributed by atoms with van der Waals surface area (Å²) in [5, 5.41) is 15.8. The van der Waals surface area contributed by atoms with Crippen molar-refractivity contribution in [2.24, 2.45) is 5.92 Å². The molecule has 0 radical (unpaired) electrons. The molecule has 0 aromatic heterocycles. The molecule has 6 heteroatoms. The number of likely N-dealkylation sites (tertiary alicyclic amines) is 1. The summed E-state index contributed by atoms with van der Waals surface area (Å²) in [7, 11) is 0. The van der Waals surface area contributed by atoms with Crippen LogP contribution >= 0.6 is 12.4 Å². The van der Waals surface area contributed by atoms with Gasteiger partial charge in [0.05, 0.1) is 0 Å². The number of nitrogens with one attached hydrogen (secondary N) is 2. The van der Waals surface area contributed by atoms with Crippen LogP contribution in [0.5, 0.6) is 5.75 Å². The number of phenolic OH excluding ortho intramolecular Hbond substituents is 1. The van der Waals surface area contributed by atoms with Crippen molar-refractivity contribution in [3.63, 3.8) is 0 Å². The molecule has 2 heterocycles. The van der Waals surface area contributed by atoms with Crippen LogP contribution in [-0.2, 0) is 17.8 Å². The Balaban J connectivity index is 0.00000210. The Morgan fingerprint density at radius 2 is 1.89 bits per heavy atom. The lowest BCUT2D eigenvalue weighted by Gasteiger charge is -2.31. The van der Waals surface area contributed by atoms with Gasteiger partial charge in [-0.2, -0.15) is 0 Å². The van der Waals surface area contributed by atoms with E-state index < -0.39 is 0 Å². The molecule has 2 aromatic carbocycles. The lowest BCUT2D eigenvalue weighted by Crippen LogP contribution is -2.37. The molecular weight excluding hydrogens is 362 g/mol. The molecule has 2 aliphatic rings. The zero-order valence-corrected chi connectivity index (χ0v) is 16.1. The number of para-hydroxylation sites is 1. The van der Waals surface area contributed by atoms with Gasteiger partial charge in [0.1, 0.15) is 5.75 Å². The summed E-state index contributed by atoms with van der Waals surface area (Å²) in [6.45, 7) is 3.86. The molecule has 1 fully saturated rings. The number of piperidine rings is 1. The number of aromatic hydroxyl groups is 1. The Bertz CT molecular complexity index is 787. The zero-order chi connectivity index (χ0) is 17.9. The molecule has 0 bridgehead atoms. The van der Waals surface area contributed by atoms with Crippen molar-refractivity contribution in [3.05, 3.63) is 53.6 Å². The molecule has 27 heavy (non-hydrogen) atoms. The molecule has 5 nitrogen and oxygen atoms in total. The van der Waals surface area contributed by atoms with Crippen molar-refractivity contribution in [2.75, 3.05) is 30.3 Å². The normalized spacial score (nSPS) is 16.9. The van der Waals surface area contributed by atoms with Crippen LogP contribution in [0.25, 0.3) is 0 Å². The minimum Gasteiger partial charge on any atom is -0.508 e. The van der Waals surface area contributed by atoms with Gasteiger partial charge in [-0.1, -0.05) is 18.2 Å². The molecule has 4 rings (SSSR count). The molecule has 0 saturated carbocycles. The monoisotopic (exact) mass is 387 g/mol. The van der Waals surface area contributed by atoms with E-state index >= 15 is 0 Å². The first-order valence-electron chi connectivity index (χ1n) is 9.36. The van der Waals surface area contributed by atoms with Crippen LogP contribution in [-0.4, -0.2) is 35.5 Å². The first-order valence-corrected chi connectivity index (χ1v) is 9.36. The minimum absolute atomic E-state index is 0. The number of amides is 1. The standard InChI is InChI=1S/C21H25N3O2.ClH/c25-19-6-4-18(5-7-19)23-21(26)16-9-12-24(13-10-16)14-17-3-1-2-15-8-11-22-20(15)17;/h1-7,16,22,25H,8-14H2,(H,23,26);1H. The summed E-state index contributed by atoms with van der Waals surface area (Å²) in [4.78, 5) is 14.9. The van der Waals surface area contributed by atoms with Gasteiger partial charge in [-0.3, -0.25) is 9.69 Å². The Kier molecular flexibility index (Phi) is 6.24. The summed E-state index contributed by atoms with van der Waals surface area (Å²) >= 11 is 0. The van der Waals surface area contributed by atoms with Gasteiger partial charge in [0.15, 0.2) is 0 Å². The first-order chi connectivity index (χ1) is 12.7. The predicted octanol–water partition coefficient (Wildman–Crippen LogP) is 3.63. The van der Waals surface area contributed by atoms with Gasteiger partial charge in [0.25, 0.3) is 0 Å². The molecule has 0 unspecified atom stereocenters. The number of halogens is 1. The third-order valence-corrected chi connectivity index (χ3v) is 5.42. The van der Waals surface area contributed by atoms with Gasteiger partial charge in [-0.15, -0.1) is 12.4 Å². The largest absolute Gasteiger partial charge is 0.508 e. The number of carbonyl (C=O) groups excluding carboxylic acids is 1. The fourth-order valence-corrected chi connectivity index (χ4v) is 3.93. The number of fused-ring (bicyclic) bond motifs is 1. The summed E-state index contributed by atoms with van der Waals surface area (Å²) < 4.78 is 0. The number of anilines is 2. The SMILES string of the molecule is Cl.O=C(Nc1ccc(O)cc1)C1CCN(Cc2cccc3c2NCC3)CC1. The molecule has 144 valence electrons. The van der Waals surface area contributed by atoms with Crippen molar-refractivity contribution in [3.8, 4) is 5.75 Å². The number of phenols is 1.